The number of imidazole rings is 1. The van der Waals surface area contributed by atoms with E-state index in [9.17, 15) is 21.6 Å². The minimum Gasteiger partial charge on any atom is -0.404 e. The first-order chi connectivity index (χ1) is 14.5. The number of hydrogen-bond acceptors (Lipinski definition) is 5. The summed E-state index contributed by atoms with van der Waals surface area (Å²) in [6.45, 7) is 2.73. The highest BCUT2D eigenvalue weighted by Crippen LogP contribution is 2.30. The lowest BCUT2D eigenvalue weighted by atomic mass is 10.3. The minimum absolute atomic E-state index is 0.120. The highest BCUT2D eigenvalue weighted by Gasteiger charge is 2.32. The summed E-state index contributed by atoms with van der Waals surface area (Å²) < 4.78 is 70.0. The van der Waals surface area contributed by atoms with Gasteiger partial charge in [0.1, 0.15) is 5.82 Å². The predicted molar refractivity (Wildman–Crippen MR) is 111 cm³/mol. The number of rotatable bonds is 8. The molecule has 0 bridgehead atoms. The summed E-state index contributed by atoms with van der Waals surface area (Å²) in [5, 5.41) is 2.94. The summed E-state index contributed by atoms with van der Waals surface area (Å²) in [7, 11) is -0.718. The van der Waals surface area contributed by atoms with Crippen LogP contribution in [0.1, 0.15) is 19.2 Å². The summed E-state index contributed by atoms with van der Waals surface area (Å²) >= 11 is 0. The van der Waals surface area contributed by atoms with E-state index in [1.54, 1.807) is 12.1 Å². The zero-order valence-electron chi connectivity index (χ0n) is 17.3. The molecule has 2 aromatic carbocycles. The van der Waals surface area contributed by atoms with E-state index < -0.39 is 16.4 Å². The topological polar surface area (TPSA) is 76.5 Å². The average molecular weight is 456 g/mol. The number of alkyl halides is 3. The molecule has 1 aromatic heterocycles. The van der Waals surface area contributed by atoms with Gasteiger partial charge >= 0.3 is 6.36 Å². The Balaban J connectivity index is 1.95. The number of aryl methyl sites for hydroxylation is 1. The van der Waals surface area contributed by atoms with Crippen molar-refractivity contribution in [2.24, 2.45) is 0 Å². The zero-order chi connectivity index (χ0) is 22.8. The number of sulfonamides is 1. The van der Waals surface area contributed by atoms with Crippen molar-refractivity contribution in [1.29, 1.82) is 0 Å². The van der Waals surface area contributed by atoms with Crippen LogP contribution in [0.2, 0.25) is 0 Å². The first-order valence-electron chi connectivity index (χ1n) is 9.53. The number of aromatic nitrogens is 2. The maximum absolute atomic E-state index is 12.7. The number of fused-ring (bicyclic) bond motifs is 1. The van der Waals surface area contributed by atoms with Gasteiger partial charge in [-0.15, -0.1) is 13.2 Å². The standard InChI is InChI=1S/C20H23F3N4O3S/c1-4-11-27-17-10-9-14(31(28,29)26(2)3)12-16(17)25-19(27)13-24-15-7-5-6-8-18(15)30-20(21,22)23/h5-10,12,24H,4,11,13H2,1-3H3. The molecule has 0 aliphatic carbocycles. The second-order valence-corrected chi connectivity index (χ2v) is 9.17. The van der Waals surface area contributed by atoms with E-state index in [1.165, 1.54) is 44.4 Å². The molecule has 31 heavy (non-hydrogen) atoms. The monoisotopic (exact) mass is 456 g/mol. The number of anilines is 1. The maximum atomic E-state index is 12.7. The largest absolute Gasteiger partial charge is 0.573 e. The smallest absolute Gasteiger partial charge is 0.404 e. The summed E-state index contributed by atoms with van der Waals surface area (Å²) in [5.74, 6) is 0.227. The molecule has 1 N–H and O–H groups in total. The molecule has 0 aliphatic rings. The first-order valence-corrected chi connectivity index (χ1v) is 11.0. The molecule has 0 saturated carbocycles. The molecular formula is C20H23F3N4O3S. The van der Waals surface area contributed by atoms with Crippen molar-refractivity contribution in [3.63, 3.8) is 0 Å². The van der Waals surface area contributed by atoms with E-state index >= 15 is 0 Å². The Morgan fingerprint density at radius 3 is 2.52 bits per heavy atom. The van der Waals surface area contributed by atoms with Gasteiger partial charge in [-0.1, -0.05) is 19.1 Å². The van der Waals surface area contributed by atoms with Gasteiger partial charge in [-0.3, -0.25) is 0 Å². The van der Waals surface area contributed by atoms with Gasteiger partial charge in [-0.05, 0) is 36.8 Å². The Morgan fingerprint density at radius 1 is 1.16 bits per heavy atom. The van der Waals surface area contributed by atoms with Crippen LogP contribution in [-0.4, -0.2) is 42.7 Å². The Morgan fingerprint density at radius 2 is 1.87 bits per heavy atom. The van der Waals surface area contributed by atoms with Crippen LogP contribution in [0.4, 0.5) is 18.9 Å². The highest BCUT2D eigenvalue weighted by atomic mass is 32.2. The maximum Gasteiger partial charge on any atom is 0.573 e. The van der Waals surface area contributed by atoms with Gasteiger partial charge in [0, 0.05) is 20.6 Å². The van der Waals surface area contributed by atoms with Crippen molar-refractivity contribution < 1.29 is 26.3 Å². The minimum atomic E-state index is -4.80. The van der Waals surface area contributed by atoms with Crippen molar-refractivity contribution in [3.05, 3.63) is 48.3 Å². The Hall–Kier alpha value is -2.79. The molecular weight excluding hydrogens is 433 g/mol. The first kappa shape index (κ1) is 22.9. The van der Waals surface area contributed by atoms with Crippen molar-refractivity contribution >= 4 is 26.7 Å². The molecule has 0 atom stereocenters. The van der Waals surface area contributed by atoms with Gasteiger partial charge in [0.15, 0.2) is 5.75 Å². The number of hydrogen-bond donors (Lipinski definition) is 1. The Bertz CT molecular complexity index is 1170. The van der Waals surface area contributed by atoms with Gasteiger partial charge in [-0.2, -0.15) is 0 Å². The SMILES string of the molecule is CCCn1c(CNc2ccccc2OC(F)(F)F)nc2cc(S(=O)(=O)N(C)C)ccc21. The summed E-state index contributed by atoms with van der Waals surface area (Å²) in [5.41, 5.74) is 1.41. The van der Waals surface area contributed by atoms with Crippen LogP contribution >= 0.6 is 0 Å². The van der Waals surface area contributed by atoms with Gasteiger partial charge in [-0.25, -0.2) is 17.7 Å². The second-order valence-electron chi connectivity index (χ2n) is 7.02. The molecule has 168 valence electrons. The lowest BCUT2D eigenvalue weighted by Gasteiger charge is -2.15. The van der Waals surface area contributed by atoms with Crippen molar-refractivity contribution in [3.8, 4) is 5.75 Å². The molecule has 11 heteroatoms. The number of halogens is 3. The van der Waals surface area contributed by atoms with Gasteiger partial charge in [0.05, 0.1) is 28.2 Å². The molecule has 3 aromatic rings. The normalized spacial score (nSPS) is 12.5. The molecule has 0 fully saturated rings. The zero-order valence-corrected chi connectivity index (χ0v) is 18.1. The third-order valence-electron chi connectivity index (χ3n) is 4.57. The molecule has 1 heterocycles. The number of para-hydroxylation sites is 2. The van der Waals surface area contributed by atoms with E-state index in [-0.39, 0.29) is 22.9 Å². The van der Waals surface area contributed by atoms with E-state index in [4.69, 9.17) is 0 Å². The van der Waals surface area contributed by atoms with Crippen LogP contribution in [-0.2, 0) is 23.1 Å². The fourth-order valence-corrected chi connectivity index (χ4v) is 4.06. The van der Waals surface area contributed by atoms with Gasteiger partial charge < -0.3 is 14.6 Å². The summed E-state index contributed by atoms with van der Waals surface area (Å²) in [4.78, 5) is 4.66. The number of ether oxygens (including phenoxy) is 1. The van der Waals surface area contributed by atoms with E-state index in [2.05, 4.69) is 15.0 Å². The number of nitrogens with one attached hydrogen (secondary N) is 1. The van der Waals surface area contributed by atoms with Crippen LogP contribution in [0.15, 0.2) is 47.4 Å². The lowest BCUT2D eigenvalue weighted by molar-refractivity contribution is -0.274. The Kier molecular flexibility index (Phi) is 6.46. The fraction of sp³-hybridized carbons (Fsp3) is 0.350. The quantitative estimate of drug-likeness (QED) is 0.550. The molecule has 7 nitrogen and oxygen atoms in total. The Labute approximate surface area is 178 Å². The predicted octanol–water partition coefficient (Wildman–Crippen LogP) is 4.21. The van der Waals surface area contributed by atoms with Crippen molar-refractivity contribution in [2.75, 3.05) is 19.4 Å². The van der Waals surface area contributed by atoms with Gasteiger partial charge in [0.2, 0.25) is 10.0 Å². The summed E-state index contributed by atoms with van der Waals surface area (Å²) in [6, 6.07) is 10.5. The molecule has 0 aliphatic heterocycles. The molecule has 0 unspecified atom stereocenters. The fourth-order valence-electron chi connectivity index (χ4n) is 3.14. The van der Waals surface area contributed by atoms with Gasteiger partial charge in [0.25, 0.3) is 0 Å². The van der Waals surface area contributed by atoms with E-state index in [0.29, 0.717) is 17.9 Å². The molecule has 0 amide bonds. The molecule has 0 spiro atoms. The van der Waals surface area contributed by atoms with E-state index in [1.807, 2.05) is 11.5 Å². The average Bonchev–Trinajstić information content (AvgIpc) is 3.03. The van der Waals surface area contributed by atoms with Crippen LogP contribution in [0.3, 0.4) is 0 Å². The lowest BCUT2D eigenvalue weighted by Crippen LogP contribution is -2.22. The molecule has 3 rings (SSSR count). The number of benzene rings is 2. The third-order valence-corrected chi connectivity index (χ3v) is 6.39. The van der Waals surface area contributed by atoms with Crippen LogP contribution in [0, 0.1) is 0 Å². The molecule has 0 radical (unpaired) electrons. The van der Waals surface area contributed by atoms with Crippen LogP contribution < -0.4 is 10.1 Å². The van der Waals surface area contributed by atoms with Crippen LogP contribution in [0.25, 0.3) is 11.0 Å². The third kappa shape index (κ3) is 5.10. The molecule has 0 saturated heterocycles. The van der Waals surface area contributed by atoms with Crippen molar-refractivity contribution in [1.82, 2.24) is 13.9 Å². The number of nitrogens with zero attached hydrogens (tertiary/aromatic N) is 3. The summed E-state index contributed by atoms with van der Waals surface area (Å²) in [6.07, 6.45) is -4.01. The van der Waals surface area contributed by atoms with Crippen molar-refractivity contribution in [2.45, 2.75) is 37.7 Å². The van der Waals surface area contributed by atoms with Crippen LogP contribution in [0.5, 0.6) is 5.75 Å². The highest BCUT2D eigenvalue weighted by molar-refractivity contribution is 7.89. The van der Waals surface area contributed by atoms with E-state index in [0.717, 1.165) is 16.2 Å². The second kappa shape index (κ2) is 8.75.